The van der Waals surface area contributed by atoms with Crippen molar-refractivity contribution in [3.8, 4) is 0 Å². The average molecular weight is 422 g/mol. The van der Waals surface area contributed by atoms with Crippen LogP contribution in [0.1, 0.15) is 54.0 Å². The number of hydrogen-bond donors (Lipinski definition) is 1. The van der Waals surface area contributed by atoms with Crippen LogP contribution in [0.5, 0.6) is 0 Å². The molecular weight excluding hydrogens is 386 g/mol. The number of pyridine rings is 1. The van der Waals surface area contributed by atoms with Crippen molar-refractivity contribution in [1.29, 1.82) is 0 Å². The Bertz CT molecular complexity index is 892. The minimum absolute atomic E-state index is 0.128. The lowest BCUT2D eigenvalue weighted by molar-refractivity contribution is -0.136. The predicted octanol–water partition coefficient (Wildman–Crippen LogP) is 3.85. The van der Waals surface area contributed by atoms with Crippen LogP contribution in [-0.4, -0.2) is 49.1 Å². The lowest BCUT2D eigenvalue weighted by Gasteiger charge is -2.36. The molecule has 2 aliphatic rings. The number of aryl methyl sites for hydroxylation is 1. The number of aromatic nitrogens is 1. The van der Waals surface area contributed by atoms with Gasteiger partial charge in [-0.15, -0.1) is 0 Å². The molecule has 2 fully saturated rings. The number of nitrogens with zero attached hydrogens (tertiary/aromatic N) is 2. The molecule has 0 saturated carbocycles. The number of carbonyl (C=O) groups excluding carboxylic acids is 1. The van der Waals surface area contributed by atoms with Crippen LogP contribution in [0.2, 0.25) is 0 Å². The Balaban J connectivity index is 1.49. The number of carbonyl (C=O) groups is 1. The molecule has 1 N–H and O–H groups in total. The van der Waals surface area contributed by atoms with Crippen LogP contribution in [0.4, 0.5) is 0 Å². The van der Waals surface area contributed by atoms with Crippen molar-refractivity contribution in [2.75, 3.05) is 33.4 Å². The van der Waals surface area contributed by atoms with E-state index in [9.17, 15) is 4.79 Å². The van der Waals surface area contributed by atoms with Crippen molar-refractivity contribution < 1.29 is 9.53 Å². The summed E-state index contributed by atoms with van der Waals surface area (Å²) in [5.41, 5.74) is 4.30. The Morgan fingerprint density at radius 2 is 2.10 bits per heavy atom. The molecule has 2 aliphatic heterocycles. The molecule has 0 bridgehead atoms. The van der Waals surface area contributed by atoms with E-state index in [1.807, 2.05) is 19.1 Å². The normalized spacial score (nSPS) is 21.5. The maximum Gasteiger partial charge on any atom is 0.227 e. The first kappa shape index (κ1) is 22.0. The Kier molecular flexibility index (Phi) is 7.03. The van der Waals surface area contributed by atoms with E-state index in [1.54, 1.807) is 6.20 Å². The second kappa shape index (κ2) is 9.92. The summed E-state index contributed by atoms with van der Waals surface area (Å²) in [4.78, 5) is 20.3. The first-order valence-corrected chi connectivity index (χ1v) is 11.6. The zero-order chi connectivity index (χ0) is 21.7. The number of rotatable bonds is 6. The van der Waals surface area contributed by atoms with Crippen LogP contribution in [0, 0.1) is 12.3 Å². The van der Waals surface area contributed by atoms with Crippen molar-refractivity contribution in [3.63, 3.8) is 0 Å². The Labute approximate surface area is 186 Å². The Hall–Kier alpha value is -2.24. The van der Waals surface area contributed by atoms with Crippen LogP contribution in [0.15, 0.2) is 42.6 Å². The van der Waals surface area contributed by atoms with Crippen LogP contribution in [0.3, 0.4) is 0 Å². The molecule has 5 nitrogen and oxygen atoms in total. The summed E-state index contributed by atoms with van der Waals surface area (Å²) in [6.45, 7) is 6.10. The van der Waals surface area contributed by atoms with E-state index in [1.165, 1.54) is 30.5 Å². The van der Waals surface area contributed by atoms with Gasteiger partial charge in [0, 0.05) is 26.0 Å². The van der Waals surface area contributed by atoms with Gasteiger partial charge < -0.3 is 15.0 Å². The third kappa shape index (κ3) is 5.34. The predicted molar refractivity (Wildman–Crippen MR) is 123 cm³/mol. The highest BCUT2D eigenvalue weighted by Crippen LogP contribution is 2.36. The lowest BCUT2D eigenvalue weighted by Crippen LogP contribution is -2.46. The molecule has 0 radical (unpaired) electrons. The van der Waals surface area contributed by atoms with Crippen LogP contribution < -0.4 is 5.32 Å². The van der Waals surface area contributed by atoms with Crippen molar-refractivity contribution in [1.82, 2.24) is 15.2 Å². The molecule has 1 aromatic carbocycles. The topological polar surface area (TPSA) is 54.5 Å². The van der Waals surface area contributed by atoms with E-state index in [0.29, 0.717) is 25.7 Å². The SMILES string of the molecule is Cc1cccnc1CNC(=O)C1(Cc2cccc([C@H]3CCCN(C)C3)c2)CCOCC1. The number of benzene rings is 1. The third-order valence-electron chi connectivity index (χ3n) is 7.06. The van der Waals surface area contributed by atoms with Crippen LogP contribution >= 0.6 is 0 Å². The largest absolute Gasteiger partial charge is 0.381 e. The smallest absolute Gasteiger partial charge is 0.227 e. The van der Waals surface area contributed by atoms with Gasteiger partial charge in [-0.3, -0.25) is 9.78 Å². The highest BCUT2D eigenvalue weighted by molar-refractivity contribution is 5.83. The maximum absolute atomic E-state index is 13.4. The van der Waals surface area contributed by atoms with Crippen molar-refractivity contribution in [2.45, 2.75) is 51.5 Å². The molecule has 4 rings (SSSR count). The van der Waals surface area contributed by atoms with E-state index >= 15 is 0 Å². The van der Waals surface area contributed by atoms with Crippen molar-refractivity contribution in [2.24, 2.45) is 5.41 Å². The highest BCUT2D eigenvalue weighted by Gasteiger charge is 2.40. The molecule has 0 aliphatic carbocycles. The number of piperidine rings is 1. The summed E-state index contributed by atoms with van der Waals surface area (Å²) in [7, 11) is 2.21. The lowest BCUT2D eigenvalue weighted by atomic mass is 9.74. The van der Waals surface area contributed by atoms with Crippen LogP contribution in [-0.2, 0) is 22.5 Å². The number of amides is 1. The fourth-order valence-electron chi connectivity index (χ4n) is 5.09. The summed E-state index contributed by atoms with van der Waals surface area (Å²) in [5, 5.41) is 3.19. The van der Waals surface area contributed by atoms with Crippen molar-refractivity contribution in [3.05, 3.63) is 65.0 Å². The van der Waals surface area contributed by atoms with E-state index in [-0.39, 0.29) is 5.91 Å². The molecule has 5 heteroatoms. The number of hydrogen-bond acceptors (Lipinski definition) is 4. The minimum Gasteiger partial charge on any atom is -0.381 e. The zero-order valence-corrected chi connectivity index (χ0v) is 18.9. The van der Waals surface area contributed by atoms with Gasteiger partial charge in [-0.2, -0.15) is 0 Å². The summed E-state index contributed by atoms with van der Waals surface area (Å²) in [6, 6.07) is 12.9. The van der Waals surface area contributed by atoms with E-state index in [2.05, 4.69) is 46.5 Å². The van der Waals surface area contributed by atoms with Gasteiger partial charge in [0.1, 0.15) is 0 Å². The molecule has 2 aromatic rings. The zero-order valence-electron chi connectivity index (χ0n) is 18.9. The molecule has 31 heavy (non-hydrogen) atoms. The summed E-state index contributed by atoms with van der Waals surface area (Å²) in [6.07, 6.45) is 6.57. The molecule has 1 amide bonds. The minimum atomic E-state index is -0.414. The van der Waals surface area contributed by atoms with Gasteiger partial charge in [-0.05, 0) is 81.3 Å². The second-order valence-corrected chi connectivity index (χ2v) is 9.37. The molecule has 0 unspecified atom stereocenters. The monoisotopic (exact) mass is 421 g/mol. The molecule has 166 valence electrons. The van der Waals surface area contributed by atoms with Crippen molar-refractivity contribution >= 4 is 5.91 Å². The van der Waals surface area contributed by atoms with E-state index in [0.717, 1.165) is 37.1 Å². The highest BCUT2D eigenvalue weighted by atomic mass is 16.5. The number of nitrogens with one attached hydrogen (secondary N) is 1. The van der Waals surface area contributed by atoms with Gasteiger partial charge in [-0.1, -0.05) is 30.3 Å². The van der Waals surface area contributed by atoms with Gasteiger partial charge in [0.25, 0.3) is 0 Å². The van der Waals surface area contributed by atoms with Gasteiger partial charge in [0.2, 0.25) is 5.91 Å². The molecule has 0 spiro atoms. The van der Waals surface area contributed by atoms with Gasteiger partial charge in [0.15, 0.2) is 0 Å². The van der Waals surface area contributed by atoms with E-state index < -0.39 is 5.41 Å². The number of ether oxygens (including phenoxy) is 1. The second-order valence-electron chi connectivity index (χ2n) is 9.37. The molecule has 1 atom stereocenters. The molecular formula is C26H35N3O2. The molecule has 1 aromatic heterocycles. The molecule has 2 saturated heterocycles. The quantitative estimate of drug-likeness (QED) is 0.770. The van der Waals surface area contributed by atoms with Gasteiger partial charge in [0.05, 0.1) is 17.7 Å². The summed E-state index contributed by atoms with van der Waals surface area (Å²) >= 11 is 0. The number of likely N-dealkylation sites (tertiary alicyclic amines) is 1. The maximum atomic E-state index is 13.4. The number of likely N-dealkylation sites (N-methyl/N-ethyl adjacent to an activating group) is 1. The summed E-state index contributed by atoms with van der Waals surface area (Å²) in [5.74, 6) is 0.717. The first-order valence-electron chi connectivity index (χ1n) is 11.6. The Morgan fingerprint density at radius 3 is 2.87 bits per heavy atom. The third-order valence-corrected chi connectivity index (χ3v) is 7.06. The molecule has 3 heterocycles. The van der Waals surface area contributed by atoms with Gasteiger partial charge >= 0.3 is 0 Å². The summed E-state index contributed by atoms with van der Waals surface area (Å²) < 4.78 is 5.63. The van der Waals surface area contributed by atoms with Gasteiger partial charge in [-0.25, -0.2) is 0 Å². The fourth-order valence-corrected chi connectivity index (χ4v) is 5.09. The van der Waals surface area contributed by atoms with Crippen LogP contribution in [0.25, 0.3) is 0 Å². The Morgan fingerprint density at radius 1 is 1.26 bits per heavy atom. The standard InChI is InChI=1S/C26H35N3O2/c1-20-6-4-12-27-24(20)18-28-25(30)26(10-14-31-15-11-26)17-21-7-3-8-22(16-21)23-9-5-13-29(2)19-23/h3-4,6-8,12,16,23H,5,9-11,13-15,17-19H2,1-2H3,(H,28,30)/t23-/m0/s1. The van der Waals surface area contributed by atoms with E-state index in [4.69, 9.17) is 4.74 Å². The fraction of sp³-hybridized carbons (Fsp3) is 0.538. The first-order chi connectivity index (χ1) is 15.1. The average Bonchev–Trinajstić information content (AvgIpc) is 2.79.